The highest BCUT2D eigenvalue weighted by atomic mass is 16.3. The molecule has 0 bridgehead atoms. The molecule has 0 fully saturated rings. The summed E-state index contributed by atoms with van der Waals surface area (Å²) in [6.45, 7) is 2.16. The molecule has 9 aromatic rings. The normalized spacial score (nSPS) is 12.1. The van der Waals surface area contributed by atoms with Gasteiger partial charge >= 0.3 is 0 Å². The van der Waals surface area contributed by atoms with E-state index < -0.39 is 0 Å². The monoisotopic (exact) mass is 512 g/mol. The van der Waals surface area contributed by atoms with Gasteiger partial charge in [-0.25, -0.2) is 0 Å². The van der Waals surface area contributed by atoms with Crippen LogP contribution in [0.5, 0.6) is 0 Å². The molecule has 0 N–H and O–H groups in total. The van der Waals surface area contributed by atoms with Crippen LogP contribution in [0.15, 0.2) is 132 Å². The lowest BCUT2D eigenvalue weighted by Crippen LogP contribution is -1.94. The molecule has 0 unspecified atom stereocenters. The first-order chi connectivity index (χ1) is 19.7. The van der Waals surface area contributed by atoms with E-state index in [-0.39, 0.29) is 0 Å². The Morgan fingerprint density at radius 2 is 0.850 bits per heavy atom. The van der Waals surface area contributed by atoms with Crippen molar-refractivity contribution in [2.24, 2.45) is 0 Å². The fourth-order valence-corrected chi connectivity index (χ4v) is 6.59. The molecule has 3 aromatic heterocycles. The van der Waals surface area contributed by atoms with Crippen LogP contribution in [0.2, 0.25) is 0 Å². The summed E-state index contributed by atoms with van der Waals surface area (Å²) in [5.74, 6) is 0. The van der Waals surface area contributed by atoms with E-state index in [2.05, 4.69) is 143 Å². The predicted molar refractivity (Wildman–Crippen MR) is 167 cm³/mol. The highest BCUT2D eigenvalue weighted by molar-refractivity contribution is 6.12. The summed E-state index contributed by atoms with van der Waals surface area (Å²) in [6.07, 6.45) is 0. The van der Waals surface area contributed by atoms with Gasteiger partial charge in [0.2, 0.25) is 0 Å². The predicted octanol–water partition coefficient (Wildman–Crippen LogP) is 10.1. The van der Waals surface area contributed by atoms with Crippen LogP contribution in [0.25, 0.3) is 76.9 Å². The fraction of sp³-hybridized carbons (Fsp3) is 0.0270. The third-order valence-corrected chi connectivity index (χ3v) is 8.36. The number of aryl methyl sites for hydroxylation is 1. The lowest BCUT2D eigenvalue weighted by atomic mass is 10.1. The molecule has 0 amide bonds. The number of hydrogen-bond donors (Lipinski definition) is 0. The first-order valence-electron chi connectivity index (χ1n) is 13.7. The van der Waals surface area contributed by atoms with Gasteiger partial charge in [0.25, 0.3) is 0 Å². The molecule has 0 spiro atoms. The Kier molecular flexibility index (Phi) is 4.26. The Labute approximate surface area is 230 Å². The Hall–Kier alpha value is -5.28. The summed E-state index contributed by atoms with van der Waals surface area (Å²) < 4.78 is 11.1. The smallest absolute Gasteiger partial charge is 0.135 e. The number of rotatable bonds is 2. The number of para-hydroxylation sites is 3. The van der Waals surface area contributed by atoms with Crippen LogP contribution in [0, 0.1) is 6.92 Å². The molecule has 9 rings (SSSR count). The number of aromatic nitrogens is 2. The second-order valence-electron chi connectivity index (χ2n) is 10.7. The zero-order valence-electron chi connectivity index (χ0n) is 21.9. The van der Waals surface area contributed by atoms with Crippen LogP contribution < -0.4 is 0 Å². The summed E-state index contributed by atoms with van der Waals surface area (Å²) in [7, 11) is 0. The van der Waals surface area contributed by atoms with E-state index >= 15 is 0 Å². The van der Waals surface area contributed by atoms with Gasteiger partial charge in [0.15, 0.2) is 0 Å². The summed E-state index contributed by atoms with van der Waals surface area (Å²) in [4.78, 5) is 0. The van der Waals surface area contributed by atoms with Gasteiger partial charge in [0.05, 0.1) is 22.1 Å². The van der Waals surface area contributed by atoms with Crippen LogP contribution in [0.4, 0.5) is 0 Å². The minimum absolute atomic E-state index is 0.898. The van der Waals surface area contributed by atoms with E-state index in [1.54, 1.807) is 0 Å². The molecular weight excluding hydrogens is 488 g/mol. The first-order valence-corrected chi connectivity index (χ1v) is 13.7. The molecule has 3 heterocycles. The van der Waals surface area contributed by atoms with Crippen molar-refractivity contribution in [3.8, 4) is 11.4 Å². The highest BCUT2D eigenvalue weighted by Crippen LogP contribution is 2.38. The molecule has 40 heavy (non-hydrogen) atoms. The average molecular weight is 513 g/mol. The minimum atomic E-state index is 0.898. The Morgan fingerprint density at radius 3 is 1.38 bits per heavy atom. The molecule has 0 atom stereocenters. The summed E-state index contributed by atoms with van der Waals surface area (Å²) in [6, 6.07) is 45.8. The van der Waals surface area contributed by atoms with E-state index in [9.17, 15) is 0 Å². The molecule has 3 nitrogen and oxygen atoms in total. The largest absolute Gasteiger partial charge is 0.456 e. The van der Waals surface area contributed by atoms with Crippen molar-refractivity contribution in [1.29, 1.82) is 0 Å². The molecule has 0 saturated heterocycles. The van der Waals surface area contributed by atoms with Crippen molar-refractivity contribution < 1.29 is 4.42 Å². The van der Waals surface area contributed by atoms with E-state index in [4.69, 9.17) is 4.42 Å². The maximum atomic E-state index is 6.35. The van der Waals surface area contributed by atoms with E-state index in [0.717, 1.165) is 33.3 Å². The topological polar surface area (TPSA) is 23.0 Å². The Morgan fingerprint density at radius 1 is 0.400 bits per heavy atom. The average Bonchev–Trinajstić information content (AvgIpc) is 3.64. The van der Waals surface area contributed by atoms with Gasteiger partial charge in [0.1, 0.15) is 11.2 Å². The van der Waals surface area contributed by atoms with Crippen LogP contribution in [-0.2, 0) is 0 Å². The van der Waals surface area contributed by atoms with Gasteiger partial charge in [-0.1, -0.05) is 66.7 Å². The van der Waals surface area contributed by atoms with Gasteiger partial charge in [-0.05, 0) is 73.2 Å². The van der Waals surface area contributed by atoms with Gasteiger partial charge in [0, 0.05) is 43.7 Å². The molecule has 0 aliphatic carbocycles. The maximum absolute atomic E-state index is 6.35. The third kappa shape index (κ3) is 2.89. The molecule has 0 aliphatic heterocycles. The quantitative estimate of drug-likeness (QED) is 0.226. The van der Waals surface area contributed by atoms with Crippen molar-refractivity contribution in [3.63, 3.8) is 0 Å². The van der Waals surface area contributed by atoms with Crippen LogP contribution in [0.1, 0.15) is 5.56 Å². The molecular formula is C37H24N2O. The summed E-state index contributed by atoms with van der Waals surface area (Å²) >= 11 is 0. The Bertz CT molecular complexity index is 2400. The lowest BCUT2D eigenvalue weighted by Gasteiger charge is -2.09. The number of nitrogens with zero attached hydrogens (tertiary/aromatic N) is 2. The van der Waals surface area contributed by atoms with Crippen molar-refractivity contribution in [2.75, 3.05) is 0 Å². The van der Waals surface area contributed by atoms with Crippen LogP contribution in [-0.4, -0.2) is 9.13 Å². The van der Waals surface area contributed by atoms with E-state index in [0.29, 0.717) is 0 Å². The second-order valence-corrected chi connectivity index (χ2v) is 10.7. The standard InChI is InChI=1S/C37H24N2O/c1-23-14-17-29-28-10-4-7-13-34(28)39(35(29)20-23)25-16-19-37-31(22-25)30-21-24(15-18-36(30)40-37)38-32-11-5-2-8-26(32)27-9-3-6-12-33(27)38/h2-22H,1H3. The Balaban J connectivity index is 1.32. The third-order valence-electron chi connectivity index (χ3n) is 8.36. The van der Waals surface area contributed by atoms with Gasteiger partial charge in [-0.2, -0.15) is 0 Å². The molecule has 0 saturated carbocycles. The second kappa shape index (κ2) is 7.87. The minimum Gasteiger partial charge on any atom is -0.456 e. The van der Waals surface area contributed by atoms with Crippen molar-refractivity contribution in [3.05, 3.63) is 133 Å². The van der Waals surface area contributed by atoms with Gasteiger partial charge in [-0.15, -0.1) is 0 Å². The fourth-order valence-electron chi connectivity index (χ4n) is 6.59. The van der Waals surface area contributed by atoms with Gasteiger partial charge in [-0.3, -0.25) is 0 Å². The zero-order chi connectivity index (χ0) is 26.4. The maximum Gasteiger partial charge on any atom is 0.135 e. The molecule has 6 aromatic carbocycles. The van der Waals surface area contributed by atoms with Crippen molar-refractivity contribution in [1.82, 2.24) is 9.13 Å². The SMILES string of the molecule is Cc1ccc2c3ccccc3n(-c3ccc4oc5ccc(-n6c7ccccc7c7ccccc76)cc5c4c3)c2c1. The molecule has 188 valence electrons. The number of benzene rings is 6. The van der Waals surface area contributed by atoms with E-state index in [1.165, 1.54) is 49.2 Å². The van der Waals surface area contributed by atoms with Gasteiger partial charge < -0.3 is 13.6 Å². The number of fused-ring (bicyclic) bond motifs is 9. The molecule has 3 heteroatoms. The molecule has 0 aliphatic rings. The summed E-state index contributed by atoms with van der Waals surface area (Å²) in [5.41, 5.74) is 10.2. The van der Waals surface area contributed by atoms with Crippen LogP contribution >= 0.6 is 0 Å². The lowest BCUT2D eigenvalue weighted by molar-refractivity contribution is 0.669. The van der Waals surface area contributed by atoms with Crippen LogP contribution in [0.3, 0.4) is 0 Å². The van der Waals surface area contributed by atoms with E-state index in [1.807, 2.05) is 0 Å². The molecule has 0 radical (unpaired) electrons. The zero-order valence-corrected chi connectivity index (χ0v) is 21.9. The highest BCUT2D eigenvalue weighted by Gasteiger charge is 2.16. The van der Waals surface area contributed by atoms with Crippen molar-refractivity contribution >= 4 is 65.6 Å². The summed E-state index contributed by atoms with van der Waals surface area (Å²) in [5, 5.41) is 7.30. The number of hydrogen-bond acceptors (Lipinski definition) is 1. The van der Waals surface area contributed by atoms with Crippen molar-refractivity contribution in [2.45, 2.75) is 6.92 Å². The number of furan rings is 1. The first kappa shape index (κ1) is 21.6.